The zero-order chi connectivity index (χ0) is 18.0. The second-order valence-corrected chi connectivity index (χ2v) is 6.64. The van der Waals surface area contributed by atoms with Crippen LogP contribution in [0.2, 0.25) is 0 Å². The zero-order valence-electron chi connectivity index (χ0n) is 14.6. The smallest absolute Gasteiger partial charge is 0.344 e. The minimum absolute atomic E-state index is 0.0146. The molecule has 6 heteroatoms. The molecule has 1 aliphatic carbocycles. The summed E-state index contributed by atoms with van der Waals surface area (Å²) >= 11 is 0. The van der Waals surface area contributed by atoms with E-state index in [0.29, 0.717) is 22.6 Å². The third-order valence-corrected chi connectivity index (χ3v) is 4.11. The molecule has 0 spiro atoms. The summed E-state index contributed by atoms with van der Waals surface area (Å²) in [6, 6.07) is 9.20. The minimum atomic E-state index is -0.997. The summed E-state index contributed by atoms with van der Waals surface area (Å²) in [6.07, 6.45) is 0.927. The summed E-state index contributed by atoms with van der Waals surface area (Å²) < 4.78 is 10.8. The fourth-order valence-electron chi connectivity index (χ4n) is 2.60. The van der Waals surface area contributed by atoms with Gasteiger partial charge in [-0.25, -0.2) is 4.79 Å². The standard InChI is InChI=1S/C19H22N2O4/c1-11(2)16-15(12(3)21-25-16)19(23)24-17(13-7-5-4-6-8-13)18(22)20-14-9-10-14/h4-8,11,14,17H,9-10H2,1-3H3,(H,20,22)/t17-/m1/s1. The molecular weight excluding hydrogens is 320 g/mol. The number of benzene rings is 1. The van der Waals surface area contributed by atoms with Gasteiger partial charge in [0.15, 0.2) is 5.76 Å². The number of carbonyl (C=O) groups excluding carboxylic acids is 2. The van der Waals surface area contributed by atoms with Gasteiger partial charge in [0.05, 0.1) is 5.69 Å². The monoisotopic (exact) mass is 342 g/mol. The fraction of sp³-hybridized carbons (Fsp3) is 0.421. The fourth-order valence-corrected chi connectivity index (χ4v) is 2.60. The van der Waals surface area contributed by atoms with E-state index in [0.717, 1.165) is 12.8 Å². The first kappa shape index (κ1) is 17.2. The van der Waals surface area contributed by atoms with E-state index in [9.17, 15) is 9.59 Å². The number of amides is 1. The molecule has 6 nitrogen and oxygen atoms in total. The van der Waals surface area contributed by atoms with Gasteiger partial charge in [0.25, 0.3) is 5.91 Å². The van der Waals surface area contributed by atoms with Gasteiger partial charge in [-0.15, -0.1) is 0 Å². The summed E-state index contributed by atoms with van der Waals surface area (Å²) in [5.41, 5.74) is 1.40. The van der Waals surface area contributed by atoms with Gasteiger partial charge >= 0.3 is 5.97 Å². The number of esters is 1. The van der Waals surface area contributed by atoms with Gasteiger partial charge in [0.1, 0.15) is 5.56 Å². The Morgan fingerprint density at radius 3 is 2.52 bits per heavy atom. The van der Waals surface area contributed by atoms with E-state index in [1.807, 2.05) is 32.0 Å². The van der Waals surface area contributed by atoms with Gasteiger partial charge in [0.2, 0.25) is 6.10 Å². The Balaban J connectivity index is 1.86. The molecule has 0 aliphatic heterocycles. The third kappa shape index (κ3) is 3.90. The summed E-state index contributed by atoms with van der Waals surface area (Å²) in [5, 5.41) is 6.77. The highest BCUT2D eigenvalue weighted by molar-refractivity contribution is 5.94. The summed E-state index contributed by atoms with van der Waals surface area (Å²) in [7, 11) is 0. The van der Waals surface area contributed by atoms with E-state index >= 15 is 0 Å². The Hall–Kier alpha value is -2.63. The lowest BCUT2D eigenvalue weighted by Gasteiger charge is -2.18. The molecule has 1 heterocycles. The van der Waals surface area contributed by atoms with Crippen LogP contribution >= 0.6 is 0 Å². The van der Waals surface area contributed by atoms with Gasteiger partial charge < -0.3 is 14.6 Å². The summed E-state index contributed by atoms with van der Waals surface area (Å²) in [6.45, 7) is 5.50. The van der Waals surface area contributed by atoms with Crippen molar-refractivity contribution in [3.8, 4) is 0 Å². The molecule has 1 N–H and O–H groups in total. The molecule has 1 fully saturated rings. The lowest BCUT2D eigenvalue weighted by atomic mass is 10.0. The normalized spacial score (nSPS) is 15.0. The van der Waals surface area contributed by atoms with Crippen molar-refractivity contribution in [2.75, 3.05) is 0 Å². The van der Waals surface area contributed by atoms with Crippen LogP contribution in [0, 0.1) is 6.92 Å². The Morgan fingerprint density at radius 1 is 1.24 bits per heavy atom. The third-order valence-electron chi connectivity index (χ3n) is 4.11. The van der Waals surface area contributed by atoms with Crippen LogP contribution in [0.3, 0.4) is 0 Å². The number of carbonyl (C=O) groups is 2. The number of nitrogens with one attached hydrogen (secondary N) is 1. The molecule has 1 atom stereocenters. The van der Waals surface area contributed by atoms with E-state index in [-0.39, 0.29) is 17.9 Å². The van der Waals surface area contributed by atoms with E-state index in [1.54, 1.807) is 19.1 Å². The SMILES string of the molecule is Cc1noc(C(C)C)c1C(=O)O[C@@H](C(=O)NC1CC1)c1ccccc1. The number of aromatic nitrogens is 1. The molecule has 1 aromatic carbocycles. The highest BCUT2D eigenvalue weighted by atomic mass is 16.6. The van der Waals surface area contributed by atoms with Crippen molar-refractivity contribution in [3.63, 3.8) is 0 Å². The van der Waals surface area contributed by atoms with Crippen molar-refractivity contribution in [1.82, 2.24) is 10.5 Å². The first-order chi connectivity index (χ1) is 12.0. The molecule has 0 radical (unpaired) electrons. The number of aryl methyl sites for hydroxylation is 1. The maximum atomic E-state index is 12.7. The lowest BCUT2D eigenvalue weighted by Crippen LogP contribution is -2.33. The van der Waals surface area contributed by atoms with Gasteiger partial charge in [-0.1, -0.05) is 49.3 Å². The second-order valence-electron chi connectivity index (χ2n) is 6.64. The Bertz CT molecular complexity index is 763. The molecule has 25 heavy (non-hydrogen) atoms. The number of hydrogen-bond acceptors (Lipinski definition) is 5. The molecule has 2 aromatic rings. The molecule has 1 amide bonds. The number of nitrogens with zero attached hydrogens (tertiary/aromatic N) is 1. The van der Waals surface area contributed by atoms with Crippen molar-refractivity contribution in [1.29, 1.82) is 0 Å². The van der Waals surface area contributed by atoms with Crippen molar-refractivity contribution in [2.24, 2.45) is 0 Å². The van der Waals surface area contributed by atoms with Crippen LogP contribution in [0.5, 0.6) is 0 Å². The average molecular weight is 342 g/mol. The van der Waals surface area contributed by atoms with E-state index in [2.05, 4.69) is 10.5 Å². The highest BCUT2D eigenvalue weighted by Gasteiger charge is 2.33. The minimum Gasteiger partial charge on any atom is -0.444 e. The maximum absolute atomic E-state index is 12.7. The predicted octanol–water partition coefficient (Wildman–Crippen LogP) is 3.28. The van der Waals surface area contributed by atoms with Crippen LogP contribution in [0.1, 0.15) is 66.1 Å². The largest absolute Gasteiger partial charge is 0.444 e. The lowest BCUT2D eigenvalue weighted by molar-refractivity contribution is -0.130. The Morgan fingerprint density at radius 2 is 1.92 bits per heavy atom. The molecule has 1 aromatic heterocycles. The molecule has 0 unspecified atom stereocenters. The quantitative estimate of drug-likeness (QED) is 0.815. The first-order valence-electron chi connectivity index (χ1n) is 8.49. The van der Waals surface area contributed by atoms with E-state index < -0.39 is 12.1 Å². The van der Waals surface area contributed by atoms with Gasteiger partial charge in [-0.3, -0.25) is 4.79 Å². The van der Waals surface area contributed by atoms with Crippen LogP contribution < -0.4 is 5.32 Å². The average Bonchev–Trinajstić information content (AvgIpc) is 3.31. The van der Waals surface area contributed by atoms with Crippen molar-refractivity contribution in [2.45, 2.75) is 51.7 Å². The first-order valence-corrected chi connectivity index (χ1v) is 8.49. The molecule has 0 bridgehead atoms. The van der Waals surface area contributed by atoms with Gasteiger partial charge in [-0.05, 0) is 19.8 Å². The van der Waals surface area contributed by atoms with Crippen LogP contribution in [0.25, 0.3) is 0 Å². The van der Waals surface area contributed by atoms with Crippen molar-refractivity contribution < 1.29 is 18.8 Å². The molecule has 1 saturated carbocycles. The summed E-state index contributed by atoms with van der Waals surface area (Å²) in [4.78, 5) is 25.3. The van der Waals surface area contributed by atoms with E-state index in [1.165, 1.54) is 0 Å². The zero-order valence-corrected chi connectivity index (χ0v) is 14.6. The number of rotatable bonds is 6. The second kappa shape index (κ2) is 7.09. The number of hydrogen-bond donors (Lipinski definition) is 1. The van der Waals surface area contributed by atoms with Crippen LogP contribution in [0.15, 0.2) is 34.9 Å². The summed E-state index contributed by atoms with van der Waals surface area (Å²) in [5.74, 6) is -0.444. The maximum Gasteiger partial charge on any atom is 0.344 e. The topological polar surface area (TPSA) is 81.4 Å². The molecule has 3 rings (SSSR count). The van der Waals surface area contributed by atoms with Gasteiger partial charge in [0, 0.05) is 17.5 Å². The molecule has 0 saturated heterocycles. The number of ether oxygens (including phenoxy) is 1. The van der Waals surface area contributed by atoms with Crippen LogP contribution in [-0.2, 0) is 9.53 Å². The van der Waals surface area contributed by atoms with E-state index in [4.69, 9.17) is 9.26 Å². The predicted molar refractivity (Wildman–Crippen MR) is 91.1 cm³/mol. The molecule has 132 valence electrons. The molecule has 1 aliphatic rings. The van der Waals surface area contributed by atoms with Crippen LogP contribution in [-0.4, -0.2) is 23.1 Å². The van der Waals surface area contributed by atoms with Crippen molar-refractivity contribution >= 4 is 11.9 Å². The van der Waals surface area contributed by atoms with Crippen molar-refractivity contribution in [3.05, 3.63) is 52.9 Å². The molecular formula is C19H22N2O4. The highest BCUT2D eigenvalue weighted by Crippen LogP contribution is 2.27. The Labute approximate surface area is 146 Å². The van der Waals surface area contributed by atoms with Gasteiger partial charge in [-0.2, -0.15) is 0 Å². The van der Waals surface area contributed by atoms with Crippen LogP contribution in [0.4, 0.5) is 0 Å². The Kier molecular flexibility index (Phi) is 4.88.